The monoisotopic (exact) mass is 170 g/mol. The number of hydrogen-bond donors (Lipinski definition) is 1. The molecular weight excluding hydrogens is 159 g/mol. The quantitative estimate of drug-likeness (QED) is 0.746. The van der Waals surface area contributed by atoms with Crippen molar-refractivity contribution in [3.05, 3.63) is 30.1 Å². The van der Waals surface area contributed by atoms with Crippen LogP contribution in [0, 0.1) is 5.82 Å². The van der Waals surface area contributed by atoms with Crippen LogP contribution in [0.4, 0.5) is 4.39 Å². The van der Waals surface area contributed by atoms with E-state index in [1.54, 1.807) is 6.92 Å². The molecule has 0 fully saturated rings. The minimum atomic E-state index is -0.505. The van der Waals surface area contributed by atoms with Gasteiger partial charge in [-0.15, -0.1) is 0 Å². The standard InChI is InChI=1S/C9H11FO2/c1-7(11)6-12-9-4-2-8(10)3-5-9/h2-5,7,11H,6H2,1H3/t7-/m1/s1. The number of rotatable bonds is 3. The number of ether oxygens (including phenoxy) is 1. The van der Waals surface area contributed by atoms with Gasteiger partial charge in [0, 0.05) is 0 Å². The van der Waals surface area contributed by atoms with Crippen molar-refractivity contribution in [2.45, 2.75) is 13.0 Å². The van der Waals surface area contributed by atoms with E-state index in [2.05, 4.69) is 0 Å². The summed E-state index contributed by atoms with van der Waals surface area (Å²) in [6.07, 6.45) is -0.505. The Hall–Kier alpha value is -1.09. The topological polar surface area (TPSA) is 29.5 Å². The highest BCUT2D eigenvalue weighted by molar-refractivity contribution is 5.21. The average molecular weight is 170 g/mol. The number of aliphatic hydroxyl groups is 1. The van der Waals surface area contributed by atoms with Crippen molar-refractivity contribution in [3.63, 3.8) is 0 Å². The van der Waals surface area contributed by atoms with Gasteiger partial charge in [-0.2, -0.15) is 0 Å². The average Bonchev–Trinajstić information content (AvgIpc) is 2.03. The highest BCUT2D eigenvalue weighted by Crippen LogP contribution is 2.10. The van der Waals surface area contributed by atoms with Crippen LogP contribution in [0.25, 0.3) is 0 Å². The molecule has 0 radical (unpaired) electrons. The van der Waals surface area contributed by atoms with Crippen LogP contribution >= 0.6 is 0 Å². The Morgan fingerprint density at radius 2 is 2.00 bits per heavy atom. The van der Waals surface area contributed by atoms with Crippen LogP contribution in [-0.2, 0) is 0 Å². The van der Waals surface area contributed by atoms with Crippen LogP contribution < -0.4 is 4.74 Å². The van der Waals surface area contributed by atoms with Gasteiger partial charge in [-0.1, -0.05) is 0 Å². The van der Waals surface area contributed by atoms with Crippen LogP contribution in [-0.4, -0.2) is 17.8 Å². The second-order valence-electron chi connectivity index (χ2n) is 2.61. The van der Waals surface area contributed by atoms with E-state index in [1.165, 1.54) is 24.3 Å². The highest BCUT2D eigenvalue weighted by atomic mass is 19.1. The summed E-state index contributed by atoms with van der Waals surface area (Å²) >= 11 is 0. The fraction of sp³-hybridized carbons (Fsp3) is 0.333. The summed E-state index contributed by atoms with van der Waals surface area (Å²) < 4.78 is 17.5. The van der Waals surface area contributed by atoms with Gasteiger partial charge in [-0.25, -0.2) is 4.39 Å². The molecule has 0 spiro atoms. The normalized spacial score (nSPS) is 12.6. The second kappa shape index (κ2) is 4.07. The Bertz CT molecular complexity index is 231. The molecule has 0 aliphatic heterocycles. The molecule has 3 heteroatoms. The lowest BCUT2D eigenvalue weighted by Gasteiger charge is -2.07. The Morgan fingerprint density at radius 3 is 2.50 bits per heavy atom. The fourth-order valence-electron chi connectivity index (χ4n) is 0.748. The Balaban J connectivity index is 2.48. The van der Waals surface area contributed by atoms with E-state index >= 15 is 0 Å². The van der Waals surface area contributed by atoms with Crippen molar-refractivity contribution in [2.75, 3.05) is 6.61 Å². The molecule has 2 nitrogen and oxygen atoms in total. The molecule has 1 atom stereocenters. The van der Waals surface area contributed by atoms with Crippen LogP contribution in [0.15, 0.2) is 24.3 Å². The maximum Gasteiger partial charge on any atom is 0.123 e. The van der Waals surface area contributed by atoms with Crippen LogP contribution in [0.5, 0.6) is 5.75 Å². The predicted molar refractivity (Wildman–Crippen MR) is 43.6 cm³/mol. The summed E-state index contributed by atoms with van der Waals surface area (Å²) in [5.41, 5.74) is 0. The van der Waals surface area contributed by atoms with Crippen LogP contribution in [0.3, 0.4) is 0 Å². The van der Waals surface area contributed by atoms with Gasteiger partial charge in [0.25, 0.3) is 0 Å². The van der Waals surface area contributed by atoms with Gasteiger partial charge in [0.15, 0.2) is 0 Å². The van der Waals surface area contributed by atoms with E-state index in [1.807, 2.05) is 0 Å². The van der Waals surface area contributed by atoms with Gasteiger partial charge in [0.05, 0.1) is 6.10 Å². The first-order chi connectivity index (χ1) is 5.68. The lowest BCUT2D eigenvalue weighted by Crippen LogP contribution is -2.12. The highest BCUT2D eigenvalue weighted by Gasteiger charge is 1.97. The molecule has 0 unspecified atom stereocenters. The number of hydrogen-bond acceptors (Lipinski definition) is 2. The predicted octanol–water partition coefficient (Wildman–Crippen LogP) is 1.59. The number of aliphatic hydroxyl groups excluding tert-OH is 1. The van der Waals surface area contributed by atoms with Crippen LogP contribution in [0.2, 0.25) is 0 Å². The van der Waals surface area contributed by atoms with Gasteiger partial charge < -0.3 is 9.84 Å². The second-order valence-corrected chi connectivity index (χ2v) is 2.61. The van der Waals surface area contributed by atoms with Gasteiger partial charge in [-0.05, 0) is 31.2 Å². The molecule has 1 aromatic carbocycles. The van der Waals surface area contributed by atoms with E-state index in [0.29, 0.717) is 5.75 Å². The molecule has 66 valence electrons. The molecule has 0 saturated carbocycles. The summed E-state index contributed by atoms with van der Waals surface area (Å²) in [4.78, 5) is 0. The molecular formula is C9H11FO2. The molecule has 0 bridgehead atoms. The van der Waals surface area contributed by atoms with E-state index < -0.39 is 6.10 Å². The van der Waals surface area contributed by atoms with Crippen molar-refractivity contribution in [1.29, 1.82) is 0 Å². The molecule has 1 rings (SSSR count). The lowest BCUT2D eigenvalue weighted by atomic mass is 10.3. The number of benzene rings is 1. The van der Waals surface area contributed by atoms with Crippen molar-refractivity contribution in [3.8, 4) is 5.75 Å². The first-order valence-corrected chi connectivity index (χ1v) is 3.75. The summed E-state index contributed by atoms with van der Waals surface area (Å²) in [5.74, 6) is 0.275. The Labute approximate surface area is 70.6 Å². The summed E-state index contributed by atoms with van der Waals surface area (Å²) in [7, 11) is 0. The van der Waals surface area contributed by atoms with Gasteiger partial charge in [0.2, 0.25) is 0 Å². The van der Waals surface area contributed by atoms with Crippen molar-refractivity contribution >= 4 is 0 Å². The molecule has 0 aliphatic carbocycles. The van der Waals surface area contributed by atoms with Gasteiger partial charge in [-0.3, -0.25) is 0 Å². The van der Waals surface area contributed by atoms with E-state index in [-0.39, 0.29) is 12.4 Å². The number of halogens is 1. The Morgan fingerprint density at radius 1 is 1.42 bits per heavy atom. The maximum atomic E-state index is 12.4. The van der Waals surface area contributed by atoms with Crippen LogP contribution in [0.1, 0.15) is 6.92 Å². The fourth-order valence-corrected chi connectivity index (χ4v) is 0.748. The smallest absolute Gasteiger partial charge is 0.123 e. The first kappa shape index (κ1) is 9.00. The third kappa shape index (κ3) is 2.88. The van der Waals surface area contributed by atoms with Crippen molar-refractivity contribution in [2.24, 2.45) is 0 Å². The largest absolute Gasteiger partial charge is 0.491 e. The van der Waals surface area contributed by atoms with E-state index in [4.69, 9.17) is 9.84 Å². The molecule has 1 N–H and O–H groups in total. The molecule has 0 aromatic heterocycles. The van der Waals surface area contributed by atoms with Gasteiger partial charge >= 0.3 is 0 Å². The summed E-state index contributed by atoms with van der Waals surface area (Å²) in [6.45, 7) is 1.86. The molecule has 0 aliphatic rings. The van der Waals surface area contributed by atoms with E-state index in [9.17, 15) is 4.39 Å². The Kier molecular flexibility index (Phi) is 3.05. The zero-order chi connectivity index (χ0) is 8.97. The molecule has 0 amide bonds. The third-order valence-corrected chi connectivity index (χ3v) is 1.30. The molecule has 12 heavy (non-hydrogen) atoms. The van der Waals surface area contributed by atoms with Crippen molar-refractivity contribution in [1.82, 2.24) is 0 Å². The molecule has 0 saturated heterocycles. The zero-order valence-corrected chi connectivity index (χ0v) is 6.83. The molecule has 0 heterocycles. The first-order valence-electron chi connectivity index (χ1n) is 3.75. The summed E-state index contributed by atoms with van der Waals surface area (Å²) in [6, 6.07) is 5.68. The maximum absolute atomic E-state index is 12.4. The summed E-state index contributed by atoms with van der Waals surface area (Å²) in [5, 5.41) is 8.87. The SMILES string of the molecule is C[C@@H](O)COc1ccc(F)cc1. The molecule has 1 aromatic rings. The third-order valence-electron chi connectivity index (χ3n) is 1.30. The minimum absolute atomic E-state index is 0.228. The minimum Gasteiger partial charge on any atom is -0.491 e. The van der Waals surface area contributed by atoms with E-state index in [0.717, 1.165) is 0 Å². The van der Waals surface area contributed by atoms with Crippen molar-refractivity contribution < 1.29 is 14.2 Å². The lowest BCUT2D eigenvalue weighted by molar-refractivity contribution is 0.122. The zero-order valence-electron chi connectivity index (χ0n) is 6.83. The van der Waals surface area contributed by atoms with Gasteiger partial charge in [0.1, 0.15) is 18.2 Å².